The minimum absolute atomic E-state index is 0.246. The first-order chi connectivity index (χ1) is 9.03. The first kappa shape index (κ1) is 14.5. The Bertz CT molecular complexity index is 621. The minimum Gasteiger partial charge on any atom is -0.206 e. The first-order valence-corrected chi connectivity index (χ1v) is 8.58. The summed E-state index contributed by atoms with van der Waals surface area (Å²) in [5.41, 5.74) is 0.909. The normalized spacial score (nSPS) is 13.4. The number of nitrogens with one attached hydrogen (secondary N) is 1. The van der Waals surface area contributed by atoms with Gasteiger partial charge in [-0.15, -0.1) is 11.3 Å². The van der Waals surface area contributed by atoms with Crippen molar-refractivity contribution in [2.24, 2.45) is 0 Å². The van der Waals surface area contributed by atoms with Crippen LogP contribution in [0.1, 0.15) is 24.9 Å². The van der Waals surface area contributed by atoms with Crippen molar-refractivity contribution < 1.29 is 8.42 Å². The fourth-order valence-corrected chi connectivity index (χ4v) is 4.19. The maximum absolute atomic E-state index is 12.2. The fraction of sp³-hybridized carbons (Fsp3) is 0.231. The van der Waals surface area contributed by atoms with Crippen LogP contribution in [0.4, 0.5) is 0 Å². The number of sulfonamides is 1. The van der Waals surface area contributed by atoms with Crippen LogP contribution in [0.15, 0.2) is 46.0 Å². The zero-order valence-electron chi connectivity index (χ0n) is 10.3. The van der Waals surface area contributed by atoms with Gasteiger partial charge in [0, 0.05) is 11.1 Å². The van der Waals surface area contributed by atoms with Crippen LogP contribution in [-0.4, -0.2) is 8.42 Å². The quantitative estimate of drug-likeness (QED) is 0.911. The zero-order chi connectivity index (χ0) is 13.9. The Morgan fingerprint density at radius 3 is 2.47 bits per heavy atom. The number of thiophene rings is 1. The lowest BCUT2D eigenvalue weighted by atomic mass is 10.1. The van der Waals surface area contributed by atoms with Crippen molar-refractivity contribution in [3.63, 3.8) is 0 Å². The summed E-state index contributed by atoms with van der Waals surface area (Å²) < 4.78 is 27.4. The lowest BCUT2D eigenvalue weighted by Crippen LogP contribution is -2.27. The molecule has 1 aromatic carbocycles. The molecule has 102 valence electrons. The van der Waals surface area contributed by atoms with Crippen LogP contribution in [0, 0.1) is 0 Å². The van der Waals surface area contributed by atoms with Gasteiger partial charge in [-0.1, -0.05) is 36.7 Å². The highest BCUT2D eigenvalue weighted by atomic mass is 35.5. The summed E-state index contributed by atoms with van der Waals surface area (Å²) in [6.07, 6.45) is 0.673. The van der Waals surface area contributed by atoms with Crippen LogP contribution < -0.4 is 4.72 Å². The Balaban J connectivity index is 2.22. The predicted octanol–water partition coefficient (Wildman–Crippen LogP) is 3.83. The molecule has 1 aromatic heterocycles. The lowest BCUT2D eigenvalue weighted by Gasteiger charge is -2.17. The van der Waals surface area contributed by atoms with E-state index in [1.165, 1.54) is 11.3 Å². The van der Waals surface area contributed by atoms with Gasteiger partial charge in [0.25, 0.3) is 10.0 Å². The molecule has 1 heterocycles. The second-order valence-corrected chi connectivity index (χ2v) is 7.39. The van der Waals surface area contributed by atoms with Crippen molar-refractivity contribution in [3.05, 3.63) is 52.4 Å². The zero-order valence-corrected chi connectivity index (χ0v) is 12.7. The van der Waals surface area contributed by atoms with Crippen molar-refractivity contribution in [2.75, 3.05) is 0 Å². The summed E-state index contributed by atoms with van der Waals surface area (Å²) in [6, 6.07) is 10.3. The number of benzene rings is 1. The average molecular weight is 316 g/mol. The number of hydrogen-bond acceptors (Lipinski definition) is 3. The summed E-state index contributed by atoms with van der Waals surface area (Å²) >= 11 is 7.05. The highest BCUT2D eigenvalue weighted by molar-refractivity contribution is 7.91. The Morgan fingerprint density at radius 2 is 1.95 bits per heavy atom. The molecular weight excluding hydrogens is 302 g/mol. The Kier molecular flexibility index (Phi) is 4.62. The van der Waals surface area contributed by atoms with Crippen molar-refractivity contribution in [2.45, 2.75) is 23.6 Å². The molecule has 0 saturated carbocycles. The third kappa shape index (κ3) is 3.57. The molecule has 0 amide bonds. The summed E-state index contributed by atoms with van der Waals surface area (Å²) in [7, 11) is -3.45. The molecule has 0 radical (unpaired) electrons. The van der Waals surface area contributed by atoms with Crippen LogP contribution in [0.2, 0.25) is 5.02 Å². The summed E-state index contributed by atoms with van der Waals surface area (Å²) in [5.74, 6) is 0. The van der Waals surface area contributed by atoms with Crippen molar-refractivity contribution >= 4 is 33.0 Å². The van der Waals surface area contributed by atoms with E-state index in [1.54, 1.807) is 29.6 Å². The highest BCUT2D eigenvalue weighted by Crippen LogP contribution is 2.23. The van der Waals surface area contributed by atoms with E-state index in [1.807, 2.05) is 19.1 Å². The molecular formula is C13H14ClNO2S2. The van der Waals surface area contributed by atoms with Gasteiger partial charge in [0.05, 0.1) is 0 Å². The van der Waals surface area contributed by atoms with Crippen LogP contribution in [-0.2, 0) is 10.0 Å². The number of halogens is 1. The van der Waals surface area contributed by atoms with Crippen molar-refractivity contribution in [3.8, 4) is 0 Å². The molecule has 1 atom stereocenters. The van der Waals surface area contributed by atoms with E-state index in [4.69, 9.17) is 11.6 Å². The smallest absolute Gasteiger partial charge is 0.206 e. The summed E-state index contributed by atoms with van der Waals surface area (Å²) in [4.78, 5) is 0. The number of rotatable bonds is 5. The molecule has 2 rings (SSSR count). The molecule has 0 unspecified atom stereocenters. The first-order valence-electron chi connectivity index (χ1n) is 5.84. The Hall–Kier alpha value is -0.880. The minimum atomic E-state index is -3.45. The average Bonchev–Trinajstić information content (AvgIpc) is 2.92. The van der Waals surface area contributed by atoms with E-state index >= 15 is 0 Å². The van der Waals surface area contributed by atoms with E-state index in [2.05, 4.69) is 4.72 Å². The SMILES string of the molecule is CC[C@@H](NS(=O)(=O)c1cccs1)c1ccc(Cl)cc1. The largest absolute Gasteiger partial charge is 0.250 e. The van der Waals surface area contributed by atoms with E-state index in [0.29, 0.717) is 15.7 Å². The molecule has 0 fully saturated rings. The predicted molar refractivity (Wildman–Crippen MR) is 79.1 cm³/mol. The van der Waals surface area contributed by atoms with Crippen LogP contribution >= 0.6 is 22.9 Å². The molecule has 3 nitrogen and oxygen atoms in total. The second kappa shape index (κ2) is 6.05. The standard InChI is InChI=1S/C13H14ClNO2S2/c1-2-12(10-5-7-11(14)8-6-10)15-19(16,17)13-4-3-9-18-13/h3-9,12,15H,2H2,1H3/t12-/m1/s1. The molecule has 0 bridgehead atoms. The molecule has 0 spiro atoms. The monoisotopic (exact) mass is 315 g/mol. The summed E-state index contributed by atoms with van der Waals surface area (Å²) in [5, 5.41) is 2.39. The lowest BCUT2D eigenvalue weighted by molar-refractivity contribution is 0.552. The second-order valence-electron chi connectivity index (χ2n) is 4.07. The van der Waals surface area contributed by atoms with Gasteiger partial charge in [-0.3, -0.25) is 0 Å². The topological polar surface area (TPSA) is 46.2 Å². The summed E-state index contributed by atoms with van der Waals surface area (Å²) in [6.45, 7) is 1.94. The molecule has 0 aliphatic rings. The van der Waals surface area contributed by atoms with Gasteiger partial charge in [0.15, 0.2) is 0 Å². The van der Waals surface area contributed by atoms with Gasteiger partial charge in [0.2, 0.25) is 0 Å². The third-order valence-corrected chi connectivity index (χ3v) is 5.86. The molecule has 0 saturated heterocycles. The van der Waals surface area contributed by atoms with Gasteiger partial charge in [-0.05, 0) is 35.6 Å². The fourth-order valence-electron chi connectivity index (χ4n) is 1.74. The van der Waals surface area contributed by atoms with Crippen LogP contribution in [0.3, 0.4) is 0 Å². The molecule has 1 N–H and O–H groups in total. The van der Waals surface area contributed by atoms with Gasteiger partial charge < -0.3 is 0 Å². The van der Waals surface area contributed by atoms with Crippen molar-refractivity contribution in [1.29, 1.82) is 0 Å². The molecule has 0 aliphatic heterocycles. The van der Waals surface area contributed by atoms with E-state index in [0.717, 1.165) is 5.56 Å². The molecule has 2 aromatic rings. The van der Waals surface area contributed by atoms with Crippen LogP contribution in [0.5, 0.6) is 0 Å². The molecule has 0 aliphatic carbocycles. The number of hydrogen-bond donors (Lipinski definition) is 1. The highest BCUT2D eigenvalue weighted by Gasteiger charge is 2.20. The van der Waals surface area contributed by atoms with Crippen LogP contribution in [0.25, 0.3) is 0 Å². The Labute approximate surface area is 122 Å². The van der Waals surface area contributed by atoms with E-state index < -0.39 is 10.0 Å². The molecule has 19 heavy (non-hydrogen) atoms. The third-order valence-electron chi connectivity index (χ3n) is 2.74. The molecule has 6 heteroatoms. The van der Waals surface area contributed by atoms with Gasteiger partial charge in [0.1, 0.15) is 4.21 Å². The van der Waals surface area contributed by atoms with Gasteiger partial charge in [-0.25, -0.2) is 13.1 Å². The van der Waals surface area contributed by atoms with E-state index in [-0.39, 0.29) is 6.04 Å². The van der Waals surface area contributed by atoms with Gasteiger partial charge >= 0.3 is 0 Å². The van der Waals surface area contributed by atoms with E-state index in [9.17, 15) is 8.42 Å². The maximum atomic E-state index is 12.2. The van der Waals surface area contributed by atoms with Crippen molar-refractivity contribution in [1.82, 2.24) is 4.72 Å². The van der Waals surface area contributed by atoms with Gasteiger partial charge in [-0.2, -0.15) is 0 Å². The Morgan fingerprint density at radius 1 is 1.26 bits per heavy atom. The maximum Gasteiger partial charge on any atom is 0.250 e.